The Morgan fingerprint density at radius 1 is 1.50 bits per heavy atom. The monoisotopic (exact) mass is 189 g/mol. The second kappa shape index (κ2) is 2.50. The summed E-state index contributed by atoms with van der Waals surface area (Å²) in [7, 11) is 0. The van der Waals surface area contributed by atoms with Gasteiger partial charge in [0.25, 0.3) is 0 Å². The van der Waals surface area contributed by atoms with Crippen LogP contribution in [0.3, 0.4) is 0 Å². The highest BCUT2D eigenvalue weighted by Gasteiger charge is 2.28. The zero-order valence-corrected chi connectivity index (χ0v) is 8.20. The van der Waals surface area contributed by atoms with Crippen LogP contribution < -0.4 is 0 Å². The van der Waals surface area contributed by atoms with Crippen LogP contribution in [-0.4, -0.2) is 5.16 Å². The van der Waals surface area contributed by atoms with Crippen LogP contribution in [0.25, 0.3) is 11.3 Å². The van der Waals surface area contributed by atoms with Gasteiger partial charge in [-0.3, -0.25) is 0 Å². The number of aromatic nitrogens is 1. The fraction of sp³-hybridized carbons (Fsp3) is 0.364. The normalized spacial score (nSPS) is 19.1. The Hall–Kier alpha value is -1.51. The molecule has 3 nitrogen and oxygen atoms in total. The van der Waals surface area contributed by atoms with Crippen molar-refractivity contribution in [2.45, 2.75) is 26.2 Å². The topological polar surface area (TPSA) is 39.2 Å². The number of hydrogen-bond donors (Lipinski definition) is 0. The van der Waals surface area contributed by atoms with Gasteiger partial charge in [0, 0.05) is 12.0 Å². The van der Waals surface area contributed by atoms with E-state index < -0.39 is 0 Å². The van der Waals surface area contributed by atoms with Gasteiger partial charge >= 0.3 is 0 Å². The molecule has 1 aliphatic carbocycles. The molecule has 1 aliphatic rings. The molecule has 0 aromatic carbocycles. The molecule has 0 bridgehead atoms. The van der Waals surface area contributed by atoms with E-state index in [0.29, 0.717) is 5.92 Å². The Labute approximate surface area is 81.7 Å². The minimum absolute atomic E-state index is 0.439. The Kier molecular flexibility index (Phi) is 1.40. The van der Waals surface area contributed by atoms with E-state index in [9.17, 15) is 0 Å². The minimum Gasteiger partial charge on any atom is -0.466 e. The van der Waals surface area contributed by atoms with Crippen molar-refractivity contribution in [3.8, 4) is 11.3 Å². The average Bonchev–Trinajstić information content (AvgIpc) is 2.69. The first kappa shape index (κ1) is 7.85. The minimum atomic E-state index is 0.439. The summed E-state index contributed by atoms with van der Waals surface area (Å²) in [5.41, 5.74) is 2.27. The fourth-order valence-corrected chi connectivity index (χ4v) is 2.10. The van der Waals surface area contributed by atoms with Crippen molar-refractivity contribution in [1.82, 2.24) is 5.16 Å². The van der Waals surface area contributed by atoms with E-state index in [-0.39, 0.29) is 0 Å². The van der Waals surface area contributed by atoms with E-state index >= 15 is 0 Å². The quantitative estimate of drug-likeness (QED) is 0.639. The lowest BCUT2D eigenvalue weighted by atomic mass is 9.88. The van der Waals surface area contributed by atoms with Gasteiger partial charge < -0.3 is 8.94 Å². The van der Waals surface area contributed by atoms with Crippen LogP contribution in [-0.2, 0) is 6.42 Å². The van der Waals surface area contributed by atoms with Crippen LogP contribution in [0.2, 0.25) is 0 Å². The molecule has 0 aliphatic heterocycles. The van der Waals surface area contributed by atoms with Crippen molar-refractivity contribution >= 4 is 0 Å². The molecular weight excluding hydrogens is 178 g/mol. The summed E-state index contributed by atoms with van der Waals surface area (Å²) < 4.78 is 10.9. The average molecular weight is 189 g/mol. The molecule has 0 amide bonds. The molecule has 1 unspecified atom stereocenters. The summed E-state index contributed by atoms with van der Waals surface area (Å²) in [6, 6.07) is 2.02. The molecule has 0 fully saturated rings. The van der Waals surface area contributed by atoms with Gasteiger partial charge in [-0.15, -0.1) is 0 Å². The largest absolute Gasteiger partial charge is 0.466 e. The molecule has 0 saturated heterocycles. The van der Waals surface area contributed by atoms with Crippen molar-refractivity contribution in [3.63, 3.8) is 0 Å². The van der Waals surface area contributed by atoms with Gasteiger partial charge in [-0.1, -0.05) is 12.1 Å². The van der Waals surface area contributed by atoms with Crippen LogP contribution in [0, 0.1) is 6.92 Å². The smallest absolute Gasteiger partial charge is 0.173 e. The van der Waals surface area contributed by atoms with Crippen molar-refractivity contribution < 1.29 is 8.94 Å². The molecule has 72 valence electrons. The second-order valence-electron chi connectivity index (χ2n) is 3.91. The van der Waals surface area contributed by atoms with Gasteiger partial charge in [0.2, 0.25) is 0 Å². The standard InChI is InChI=1S/C11H11NO2/c1-6-3-10-8(4-7(2)13-10)11-9(6)5-12-14-11/h4-6H,3H2,1-2H3. The number of hydrogen-bond acceptors (Lipinski definition) is 3. The molecule has 0 saturated carbocycles. The van der Waals surface area contributed by atoms with Crippen molar-refractivity contribution in [2.24, 2.45) is 0 Å². The maximum Gasteiger partial charge on any atom is 0.173 e. The van der Waals surface area contributed by atoms with Crippen LogP contribution in [0.1, 0.15) is 29.9 Å². The lowest BCUT2D eigenvalue weighted by Crippen LogP contribution is -2.04. The zero-order chi connectivity index (χ0) is 9.71. The predicted molar refractivity (Wildman–Crippen MR) is 51.1 cm³/mol. The molecule has 2 aromatic rings. The van der Waals surface area contributed by atoms with Gasteiger partial charge in [0.15, 0.2) is 5.76 Å². The molecule has 2 heterocycles. The highest BCUT2D eigenvalue weighted by molar-refractivity contribution is 5.67. The number of fused-ring (bicyclic) bond motifs is 3. The fourth-order valence-electron chi connectivity index (χ4n) is 2.10. The van der Waals surface area contributed by atoms with Gasteiger partial charge in [0.1, 0.15) is 11.5 Å². The third kappa shape index (κ3) is 0.895. The van der Waals surface area contributed by atoms with Crippen LogP contribution in [0.4, 0.5) is 0 Å². The third-order valence-corrected chi connectivity index (χ3v) is 2.80. The molecule has 0 N–H and O–H groups in total. The molecule has 14 heavy (non-hydrogen) atoms. The Balaban J connectivity index is 2.28. The molecule has 3 rings (SSSR count). The summed E-state index contributed by atoms with van der Waals surface area (Å²) in [6.45, 7) is 4.12. The molecular formula is C11H11NO2. The molecule has 2 aromatic heterocycles. The van der Waals surface area contributed by atoms with Crippen molar-refractivity contribution in [3.05, 3.63) is 29.3 Å². The SMILES string of the molecule is Cc1cc2c(o1)CC(C)c1cnoc1-2. The van der Waals surface area contributed by atoms with Gasteiger partial charge in [-0.2, -0.15) is 0 Å². The summed E-state index contributed by atoms with van der Waals surface area (Å²) in [5, 5.41) is 3.85. The lowest BCUT2D eigenvalue weighted by Gasteiger charge is -2.14. The highest BCUT2D eigenvalue weighted by atomic mass is 16.5. The van der Waals surface area contributed by atoms with Crippen LogP contribution >= 0.6 is 0 Å². The van der Waals surface area contributed by atoms with Crippen molar-refractivity contribution in [2.75, 3.05) is 0 Å². The zero-order valence-electron chi connectivity index (χ0n) is 8.20. The maximum absolute atomic E-state index is 5.61. The van der Waals surface area contributed by atoms with E-state index in [1.807, 2.05) is 19.2 Å². The summed E-state index contributed by atoms with van der Waals surface area (Å²) in [5.74, 6) is 3.29. The second-order valence-corrected chi connectivity index (χ2v) is 3.91. The predicted octanol–water partition coefficient (Wildman–Crippen LogP) is 2.90. The van der Waals surface area contributed by atoms with Gasteiger partial charge in [0.05, 0.1) is 11.8 Å². The lowest BCUT2D eigenvalue weighted by molar-refractivity contribution is 0.422. The molecule has 0 radical (unpaired) electrons. The van der Waals surface area contributed by atoms with E-state index in [1.165, 1.54) is 5.56 Å². The molecule has 0 spiro atoms. The summed E-state index contributed by atoms with van der Waals surface area (Å²) in [4.78, 5) is 0. The summed E-state index contributed by atoms with van der Waals surface area (Å²) in [6.07, 6.45) is 2.75. The molecule has 3 heteroatoms. The Morgan fingerprint density at radius 3 is 3.21 bits per heavy atom. The van der Waals surface area contributed by atoms with E-state index in [0.717, 1.165) is 29.3 Å². The first-order chi connectivity index (χ1) is 6.75. The Morgan fingerprint density at radius 2 is 2.36 bits per heavy atom. The third-order valence-electron chi connectivity index (χ3n) is 2.80. The maximum atomic E-state index is 5.61. The van der Waals surface area contributed by atoms with Crippen molar-refractivity contribution in [1.29, 1.82) is 0 Å². The van der Waals surface area contributed by atoms with Gasteiger partial charge in [-0.25, -0.2) is 0 Å². The highest BCUT2D eigenvalue weighted by Crippen LogP contribution is 2.40. The van der Waals surface area contributed by atoms with Gasteiger partial charge in [-0.05, 0) is 18.9 Å². The summed E-state index contributed by atoms with van der Waals surface area (Å²) >= 11 is 0. The van der Waals surface area contributed by atoms with Crippen LogP contribution in [0.15, 0.2) is 21.2 Å². The number of furan rings is 1. The number of nitrogens with zero attached hydrogens (tertiary/aromatic N) is 1. The molecule has 1 atom stereocenters. The number of rotatable bonds is 0. The number of aryl methyl sites for hydroxylation is 1. The van der Waals surface area contributed by atoms with E-state index in [1.54, 1.807) is 0 Å². The first-order valence-corrected chi connectivity index (χ1v) is 4.80. The Bertz CT molecular complexity index is 481. The first-order valence-electron chi connectivity index (χ1n) is 4.80. The van der Waals surface area contributed by atoms with E-state index in [2.05, 4.69) is 12.1 Å². The van der Waals surface area contributed by atoms with Crippen LogP contribution in [0.5, 0.6) is 0 Å². The van der Waals surface area contributed by atoms with E-state index in [4.69, 9.17) is 8.94 Å².